The van der Waals surface area contributed by atoms with Crippen LogP contribution in [0.25, 0.3) is 10.9 Å². The number of amides is 1. The topological polar surface area (TPSA) is 77.2 Å². The zero-order chi connectivity index (χ0) is 17.2. The number of para-hydroxylation sites is 1. The second kappa shape index (κ2) is 6.77. The van der Waals surface area contributed by atoms with Crippen LogP contribution >= 0.6 is 0 Å². The summed E-state index contributed by atoms with van der Waals surface area (Å²) < 4.78 is 5.42. The number of rotatable bonds is 5. The van der Waals surface area contributed by atoms with Crippen LogP contribution < -0.4 is 11.1 Å². The van der Waals surface area contributed by atoms with Gasteiger partial charge in [-0.2, -0.15) is 0 Å². The first-order valence-electron chi connectivity index (χ1n) is 8.57. The van der Waals surface area contributed by atoms with E-state index in [1.165, 1.54) is 5.56 Å². The molecule has 0 unspecified atom stereocenters. The molecule has 1 aromatic heterocycles. The highest BCUT2D eigenvalue weighted by molar-refractivity contribution is 5.93. The van der Waals surface area contributed by atoms with E-state index >= 15 is 0 Å². The van der Waals surface area contributed by atoms with E-state index in [0.29, 0.717) is 32.6 Å². The van der Waals surface area contributed by atoms with Gasteiger partial charge in [-0.15, -0.1) is 0 Å². The van der Waals surface area contributed by atoms with Gasteiger partial charge < -0.3 is 15.8 Å². The minimum Gasteiger partial charge on any atom is -0.383 e. The van der Waals surface area contributed by atoms with Crippen molar-refractivity contribution in [3.63, 3.8) is 0 Å². The third-order valence-corrected chi connectivity index (χ3v) is 5.13. The monoisotopic (exact) mass is 327 g/mol. The van der Waals surface area contributed by atoms with Crippen molar-refractivity contribution in [1.82, 2.24) is 4.98 Å². The van der Waals surface area contributed by atoms with Gasteiger partial charge in [-0.05, 0) is 37.8 Å². The molecular weight excluding hydrogens is 302 g/mol. The van der Waals surface area contributed by atoms with Gasteiger partial charge in [0.05, 0.1) is 10.9 Å². The molecule has 1 aliphatic rings. The number of anilines is 1. The molecule has 0 aliphatic carbocycles. The molecule has 1 fully saturated rings. The number of carbonyl (C=O) groups is 1. The second-order valence-corrected chi connectivity index (χ2v) is 6.53. The van der Waals surface area contributed by atoms with Crippen molar-refractivity contribution in [3.05, 3.63) is 35.5 Å². The van der Waals surface area contributed by atoms with Crippen molar-refractivity contribution < 1.29 is 9.53 Å². The number of hydrogen-bond donors (Lipinski definition) is 2. The summed E-state index contributed by atoms with van der Waals surface area (Å²) in [6.07, 6.45) is 2.22. The van der Waals surface area contributed by atoms with Gasteiger partial charge >= 0.3 is 0 Å². The molecule has 0 bridgehead atoms. The van der Waals surface area contributed by atoms with E-state index < -0.39 is 5.41 Å². The van der Waals surface area contributed by atoms with Crippen LogP contribution in [0, 0.1) is 12.3 Å². The number of fused-ring (bicyclic) bond motifs is 1. The highest BCUT2D eigenvalue weighted by Gasteiger charge is 2.38. The van der Waals surface area contributed by atoms with Crippen LogP contribution in [-0.2, 0) is 16.0 Å². The Bertz CT molecular complexity index is 752. The maximum atomic E-state index is 12.1. The van der Waals surface area contributed by atoms with E-state index in [2.05, 4.69) is 18.3 Å². The van der Waals surface area contributed by atoms with Crippen molar-refractivity contribution in [2.75, 3.05) is 25.1 Å². The minimum atomic E-state index is -0.540. The van der Waals surface area contributed by atoms with Crippen LogP contribution in [0.15, 0.2) is 24.3 Å². The Morgan fingerprint density at radius 2 is 2.04 bits per heavy atom. The Morgan fingerprint density at radius 3 is 2.71 bits per heavy atom. The summed E-state index contributed by atoms with van der Waals surface area (Å²) in [7, 11) is 0. The van der Waals surface area contributed by atoms with Gasteiger partial charge in [0.15, 0.2) is 0 Å². The third-order valence-electron chi connectivity index (χ3n) is 5.13. The van der Waals surface area contributed by atoms with E-state index in [4.69, 9.17) is 15.5 Å². The molecule has 24 heavy (non-hydrogen) atoms. The lowest BCUT2D eigenvalue weighted by molar-refractivity contribution is -0.132. The van der Waals surface area contributed by atoms with Gasteiger partial charge in [0.25, 0.3) is 0 Å². The van der Waals surface area contributed by atoms with Crippen LogP contribution in [-0.4, -0.2) is 30.6 Å². The zero-order valence-electron chi connectivity index (χ0n) is 14.4. The summed E-state index contributed by atoms with van der Waals surface area (Å²) in [6.45, 7) is 5.87. The molecule has 5 heteroatoms. The highest BCUT2D eigenvalue weighted by atomic mass is 16.5. The maximum absolute atomic E-state index is 12.1. The molecule has 0 atom stereocenters. The molecule has 0 spiro atoms. The summed E-state index contributed by atoms with van der Waals surface area (Å²) in [5.74, 6) is -0.244. The summed E-state index contributed by atoms with van der Waals surface area (Å²) >= 11 is 0. The molecule has 0 radical (unpaired) electrons. The van der Waals surface area contributed by atoms with E-state index in [9.17, 15) is 4.79 Å². The zero-order valence-corrected chi connectivity index (χ0v) is 14.4. The second-order valence-electron chi connectivity index (χ2n) is 6.53. The molecule has 3 N–H and O–H groups in total. The number of ether oxygens (including phenoxy) is 1. The molecule has 2 heterocycles. The van der Waals surface area contributed by atoms with Crippen molar-refractivity contribution in [2.45, 2.75) is 33.1 Å². The molecular formula is C19H25N3O2. The van der Waals surface area contributed by atoms with Crippen molar-refractivity contribution in [3.8, 4) is 0 Å². The lowest BCUT2D eigenvalue weighted by Gasteiger charge is -2.35. The first kappa shape index (κ1) is 16.7. The number of carbonyl (C=O) groups excluding carboxylic acids is 1. The maximum Gasteiger partial charge on any atom is 0.225 e. The number of aryl methyl sites for hydroxylation is 1. The number of nitrogens with one attached hydrogen (secondary N) is 1. The van der Waals surface area contributed by atoms with E-state index in [1.54, 1.807) is 0 Å². The molecule has 5 nitrogen and oxygen atoms in total. The van der Waals surface area contributed by atoms with Crippen molar-refractivity contribution >= 4 is 22.5 Å². The molecule has 2 aromatic rings. The normalized spacial score (nSPS) is 16.9. The van der Waals surface area contributed by atoms with Crippen LogP contribution in [0.4, 0.5) is 5.69 Å². The van der Waals surface area contributed by atoms with E-state index in [-0.39, 0.29) is 5.91 Å². The summed E-state index contributed by atoms with van der Waals surface area (Å²) in [6, 6.07) is 8.10. The Balaban J connectivity index is 1.98. The number of nitrogens with zero attached hydrogens (tertiary/aromatic N) is 1. The standard InChI is InChI=1S/C19H25N3O2/c1-3-14-13(2)22-16-7-5-4-6-15(16)17(14)21-12-19(18(20)23)8-10-24-11-9-19/h4-7H,3,8-12H2,1-2H3,(H2,20,23)(H,21,22). The number of pyridine rings is 1. The Morgan fingerprint density at radius 1 is 1.33 bits per heavy atom. The van der Waals surface area contributed by atoms with Crippen molar-refractivity contribution in [1.29, 1.82) is 0 Å². The van der Waals surface area contributed by atoms with Crippen molar-refractivity contribution in [2.24, 2.45) is 11.1 Å². The number of nitrogens with two attached hydrogens (primary N) is 1. The van der Waals surface area contributed by atoms with Crippen LogP contribution in [0.1, 0.15) is 31.0 Å². The van der Waals surface area contributed by atoms with Gasteiger partial charge in [0, 0.05) is 36.5 Å². The fourth-order valence-electron chi connectivity index (χ4n) is 3.54. The lowest BCUT2D eigenvalue weighted by atomic mass is 9.79. The average Bonchev–Trinajstić information content (AvgIpc) is 2.60. The van der Waals surface area contributed by atoms with E-state index in [0.717, 1.165) is 28.7 Å². The first-order chi connectivity index (χ1) is 11.6. The summed E-state index contributed by atoms with van der Waals surface area (Å²) in [5.41, 5.74) is 9.46. The van der Waals surface area contributed by atoms with Gasteiger partial charge in [-0.25, -0.2) is 0 Å². The smallest absolute Gasteiger partial charge is 0.225 e. The van der Waals surface area contributed by atoms with Crippen LogP contribution in [0.2, 0.25) is 0 Å². The predicted molar refractivity (Wildman–Crippen MR) is 96.0 cm³/mol. The fraction of sp³-hybridized carbons (Fsp3) is 0.474. The van der Waals surface area contributed by atoms with Gasteiger partial charge in [-0.3, -0.25) is 9.78 Å². The SMILES string of the molecule is CCc1c(C)nc2ccccc2c1NCC1(C(N)=O)CCOCC1. The average molecular weight is 327 g/mol. The Labute approximate surface area is 142 Å². The number of hydrogen-bond acceptors (Lipinski definition) is 4. The Kier molecular flexibility index (Phi) is 4.71. The molecule has 0 saturated carbocycles. The van der Waals surface area contributed by atoms with Gasteiger partial charge in [0.1, 0.15) is 0 Å². The molecule has 3 rings (SSSR count). The molecule has 1 aliphatic heterocycles. The summed E-state index contributed by atoms with van der Waals surface area (Å²) in [5, 5.41) is 4.63. The van der Waals surface area contributed by atoms with Crippen LogP contribution in [0.5, 0.6) is 0 Å². The quantitative estimate of drug-likeness (QED) is 0.885. The number of benzene rings is 1. The largest absolute Gasteiger partial charge is 0.383 e. The minimum absolute atomic E-state index is 0.244. The first-order valence-corrected chi connectivity index (χ1v) is 8.57. The van der Waals surface area contributed by atoms with Gasteiger partial charge in [0.2, 0.25) is 5.91 Å². The number of primary amides is 1. The summed E-state index contributed by atoms with van der Waals surface area (Å²) in [4.78, 5) is 16.8. The Hall–Kier alpha value is -2.14. The molecule has 1 amide bonds. The van der Waals surface area contributed by atoms with Crippen LogP contribution in [0.3, 0.4) is 0 Å². The highest BCUT2D eigenvalue weighted by Crippen LogP contribution is 2.34. The molecule has 1 saturated heterocycles. The lowest BCUT2D eigenvalue weighted by Crippen LogP contribution is -2.46. The molecule has 1 aromatic carbocycles. The fourth-order valence-corrected chi connectivity index (χ4v) is 3.54. The van der Waals surface area contributed by atoms with E-state index in [1.807, 2.05) is 25.1 Å². The van der Waals surface area contributed by atoms with Gasteiger partial charge in [-0.1, -0.05) is 25.1 Å². The third kappa shape index (κ3) is 2.96. The predicted octanol–water partition coefficient (Wildman–Crippen LogP) is 2.80. The molecule has 128 valence electrons. The number of aromatic nitrogens is 1.